The molecule has 0 saturated carbocycles. The topological polar surface area (TPSA) is 24.5 Å². The molecule has 0 radical (unpaired) electrons. The molecule has 1 heterocycles. The summed E-state index contributed by atoms with van der Waals surface area (Å²) < 4.78 is 5.47. The Bertz CT molecular complexity index is 710. The number of nitrogens with zero attached hydrogens (tertiary/aromatic N) is 1. The van der Waals surface area contributed by atoms with Gasteiger partial charge in [-0.25, -0.2) is 0 Å². The summed E-state index contributed by atoms with van der Waals surface area (Å²) in [6.45, 7) is 3.21. The number of rotatable bonds is 4. The number of benzene rings is 2. The molecule has 0 atom stereocenters. The zero-order valence-electron chi connectivity index (χ0n) is 13.2. The number of hydrogen-bond acceptors (Lipinski definition) is 3. The minimum atomic E-state index is 0.669. The highest BCUT2D eigenvalue weighted by Gasteiger charge is 2.15. The zero-order valence-corrected chi connectivity index (χ0v) is 14.8. The average molecular weight is 359 g/mol. The van der Waals surface area contributed by atoms with E-state index >= 15 is 0 Å². The van der Waals surface area contributed by atoms with Crippen LogP contribution in [0.2, 0.25) is 5.02 Å². The lowest BCUT2D eigenvalue weighted by atomic mass is 10.1. The molecule has 124 valence electrons. The van der Waals surface area contributed by atoms with Gasteiger partial charge in [-0.15, -0.1) is 0 Å². The third-order valence-corrected chi connectivity index (χ3v) is 4.27. The molecule has 3 rings (SSSR count). The zero-order chi connectivity index (χ0) is 16.8. The fraction of sp³-hybridized carbons (Fsp3) is 0.211. The molecule has 1 fully saturated rings. The van der Waals surface area contributed by atoms with Gasteiger partial charge >= 0.3 is 0 Å². The Morgan fingerprint density at radius 3 is 2.38 bits per heavy atom. The molecule has 5 heteroatoms. The Balaban J connectivity index is 1.82. The maximum atomic E-state index is 5.92. The van der Waals surface area contributed by atoms with Crippen LogP contribution in [-0.2, 0) is 4.74 Å². The van der Waals surface area contributed by atoms with E-state index in [1.807, 2.05) is 48.5 Å². The van der Waals surface area contributed by atoms with Gasteiger partial charge in [0, 0.05) is 29.5 Å². The van der Waals surface area contributed by atoms with Gasteiger partial charge in [0.2, 0.25) is 0 Å². The van der Waals surface area contributed by atoms with Gasteiger partial charge in [0.05, 0.1) is 13.2 Å². The van der Waals surface area contributed by atoms with E-state index in [0.29, 0.717) is 10.0 Å². The number of anilines is 1. The van der Waals surface area contributed by atoms with Gasteiger partial charge in [-0.3, -0.25) is 0 Å². The number of halogens is 1. The van der Waals surface area contributed by atoms with Crippen LogP contribution >= 0.6 is 23.8 Å². The van der Waals surface area contributed by atoms with Gasteiger partial charge in [0.25, 0.3) is 0 Å². The first-order valence-corrected chi connectivity index (χ1v) is 8.67. The van der Waals surface area contributed by atoms with Crippen molar-refractivity contribution in [1.82, 2.24) is 4.90 Å². The fourth-order valence-corrected chi connectivity index (χ4v) is 2.96. The molecule has 0 aliphatic carbocycles. The standard InChI is InChI=1S/C19H19ClN2OS/c20-16-6-8-17(9-7-16)21-19(24)14-18(15-4-2-1-3-5-15)22-10-12-23-13-11-22/h1-9,14H,10-13H2,(H,21,24). The quantitative estimate of drug-likeness (QED) is 0.644. The highest BCUT2D eigenvalue weighted by Crippen LogP contribution is 2.21. The molecule has 0 spiro atoms. The first kappa shape index (κ1) is 17.0. The van der Waals surface area contributed by atoms with Gasteiger partial charge in [0.1, 0.15) is 4.99 Å². The van der Waals surface area contributed by atoms with E-state index in [0.717, 1.165) is 43.3 Å². The van der Waals surface area contributed by atoms with E-state index in [9.17, 15) is 0 Å². The van der Waals surface area contributed by atoms with Gasteiger partial charge in [-0.05, 0) is 35.9 Å². The maximum Gasteiger partial charge on any atom is 0.105 e. The van der Waals surface area contributed by atoms with Crippen LogP contribution in [0.25, 0.3) is 5.70 Å². The molecule has 1 aliphatic rings. The summed E-state index contributed by atoms with van der Waals surface area (Å²) in [5.41, 5.74) is 3.19. The lowest BCUT2D eigenvalue weighted by molar-refractivity contribution is 0.0640. The summed E-state index contributed by atoms with van der Waals surface area (Å²) in [6.07, 6.45) is 2.02. The van der Waals surface area contributed by atoms with Crippen LogP contribution in [-0.4, -0.2) is 36.2 Å². The Labute approximate surface area is 152 Å². The van der Waals surface area contributed by atoms with Crippen molar-refractivity contribution in [1.29, 1.82) is 0 Å². The average Bonchev–Trinajstić information content (AvgIpc) is 2.63. The van der Waals surface area contributed by atoms with E-state index in [4.69, 9.17) is 28.6 Å². The van der Waals surface area contributed by atoms with Crippen molar-refractivity contribution in [2.24, 2.45) is 0 Å². The van der Waals surface area contributed by atoms with Crippen molar-refractivity contribution in [2.75, 3.05) is 31.6 Å². The van der Waals surface area contributed by atoms with Crippen molar-refractivity contribution in [3.63, 3.8) is 0 Å². The minimum Gasteiger partial charge on any atom is -0.378 e. The molecule has 0 unspecified atom stereocenters. The molecule has 1 saturated heterocycles. The molecule has 0 aromatic heterocycles. The molecule has 1 aliphatic heterocycles. The van der Waals surface area contributed by atoms with E-state index in [1.54, 1.807) is 0 Å². The smallest absolute Gasteiger partial charge is 0.105 e. The van der Waals surface area contributed by atoms with E-state index in [2.05, 4.69) is 22.3 Å². The second-order valence-corrected chi connectivity index (χ2v) is 6.37. The third-order valence-electron chi connectivity index (χ3n) is 3.80. The minimum absolute atomic E-state index is 0.669. The fourth-order valence-electron chi connectivity index (χ4n) is 2.61. The Kier molecular flexibility index (Phi) is 5.86. The van der Waals surface area contributed by atoms with Gasteiger partial charge in [-0.1, -0.05) is 54.2 Å². The number of morpholine rings is 1. The Morgan fingerprint density at radius 2 is 1.71 bits per heavy atom. The van der Waals surface area contributed by atoms with Crippen LogP contribution < -0.4 is 5.32 Å². The summed E-state index contributed by atoms with van der Waals surface area (Å²) in [4.78, 5) is 2.98. The Hall–Kier alpha value is -1.88. The lowest BCUT2D eigenvalue weighted by Gasteiger charge is -2.31. The molecule has 3 nitrogen and oxygen atoms in total. The summed E-state index contributed by atoms with van der Waals surface area (Å²) in [7, 11) is 0. The Morgan fingerprint density at radius 1 is 1.04 bits per heavy atom. The van der Waals surface area contributed by atoms with Crippen LogP contribution in [0, 0.1) is 0 Å². The molecular weight excluding hydrogens is 340 g/mol. The van der Waals surface area contributed by atoms with Crippen molar-refractivity contribution >= 4 is 40.2 Å². The molecule has 1 N–H and O–H groups in total. The van der Waals surface area contributed by atoms with Crippen LogP contribution in [0.4, 0.5) is 5.69 Å². The summed E-state index contributed by atoms with van der Waals surface area (Å²) in [5.74, 6) is 0. The number of nitrogens with one attached hydrogen (secondary N) is 1. The second-order valence-electron chi connectivity index (χ2n) is 5.49. The van der Waals surface area contributed by atoms with E-state index in [-0.39, 0.29) is 0 Å². The summed E-state index contributed by atoms with van der Waals surface area (Å²) in [5, 5.41) is 3.96. The highest BCUT2D eigenvalue weighted by atomic mass is 35.5. The van der Waals surface area contributed by atoms with E-state index in [1.165, 1.54) is 0 Å². The van der Waals surface area contributed by atoms with Crippen molar-refractivity contribution in [2.45, 2.75) is 0 Å². The molecule has 0 bridgehead atoms. The number of thiocarbonyl (C=S) groups is 1. The van der Waals surface area contributed by atoms with Gasteiger partial charge in [0.15, 0.2) is 0 Å². The largest absolute Gasteiger partial charge is 0.378 e. The van der Waals surface area contributed by atoms with Crippen LogP contribution in [0.3, 0.4) is 0 Å². The second kappa shape index (κ2) is 8.29. The molecule has 2 aromatic carbocycles. The predicted molar refractivity (Wildman–Crippen MR) is 104 cm³/mol. The highest BCUT2D eigenvalue weighted by molar-refractivity contribution is 7.81. The molecular formula is C19H19ClN2OS. The third kappa shape index (κ3) is 4.57. The lowest BCUT2D eigenvalue weighted by Crippen LogP contribution is -2.35. The molecule has 24 heavy (non-hydrogen) atoms. The van der Waals surface area contributed by atoms with Crippen LogP contribution in [0.1, 0.15) is 5.56 Å². The van der Waals surface area contributed by atoms with E-state index < -0.39 is 0 Å². The normalized spacial score (nSPS) is 15.2. The van der Waals surface area contributed by atoms with Crippen molar-refractivity contribution in [3.05, 3.63) is 71.3 Å². The maximum absolute atomic E-state index is 5.92. The predicted octanol–water partition coefficient (Wildman–Crippen LogP) is 4.45. The SMILES string of the molecule is S=C(C=C(c1ccccc1)N1CCOCC1)Nc1ccc(Cl)cc1. The summed E-state index contributed by atoms with van der Waals surface area (Å²) >= 11 is 11.5. The van der Waals surface area contributed by atoms with Gasteiger partial charge < -0.3 is 15.0 Å². The van der Waals surface area contributed by atoms with Gasteiger partial charge in [-0.2, -0.15) is 0 Å². The van der Waals surface area contributed by atoms with Crippen molar-refractivity contribution < 1.29 is 4.74 Å². The molecule has 2 aromatic rings. The number of hydrogen-bond donors (Lipinski definition) is 1. The monoisotopic (exact) mass is 358 g/mol. The first-order chi connectivity index (χ1) is 11.7. The van der Waals surface area contributed by atoms with Crippen LogP contribution in [0.5, 0.6) is 0 Å². The number of ether oxygens (including phenoxy) is 1. The van der Waals surface area contributed by atoms with Crippen molar-refractivity contribution in [3.8, 4) is 0 Å². The first-order valence-electron chi connectivity index (χ1n) is 7.89. The molecule has 0 amide bonds. The summed E-state index contributed by atoms with van der Waals surface area (Å²) in [6, 6.07) is 17.8. The van der Waals surface area contributed by atoms with Crippen LogP contribution in [0.15, 0.2) is 60.7 Å².